The Balaban J connectivity index is 2.26. The second-order valence-corrected chi connectivity index (χ2v) is 5.09. The number of thiophene rings is 1. The van der Waals surface area contributed by atoms with Gasteiger partial charge in [-0.2, -0.15) is 13.2 Å². The highest BCUT2D eigenvalue weighted by molar-refractivity contribution is 7.10. The normalized spacial score (nSPS) is 12.2. The molecule has 3 rings (SSSR count). The molecule has 0 aliphatic carbocycles. The summed E-state index contributed by atoms with van der Waals surface area (Å²) < 4.78 is 65.0. The molecule has 0 saturated heterocycles. The molecule has 104 valence electrons. The lowest BCUT2D eigenvalue weighted by atomic mass is 10.1. The summed E-state index contributed by atoms with van der Waals surface area (Å²) in [5.41, 5.74) is 0.408. The zero-order valence-electron chi connectivity index (χ0n) is 9.68. The van der Waals surface area contributed by atoms with E-state index in [-0.39, 0.29) is 22.0 Å². The Morgan fingerprint density at radius 3 is 2.40 bits per heavy atom. The lowest BCUT2D eigenvalue weighted by Gasteiger charge is -2.07. The Morgan fingerprint density at radius 1 is 1.00 bits per heavy atom. The Labute approximate surface area is 113 Å². The molecule has 0 bridgehead atoms. The second-order valence-electron chi connectivity index (χ2n) is 4.18. The number of alkyl halides is 3. The number of aromatic amines is 1. The van der Waals surface area contributed by atoms with Gasteiger partial charge in [0.25, 0.3) is 0 Å². The Hall–Kier alpha value is -1.89. The summed E-state index contributed by atoms with van der Waals surface area (Å²) in [7, 11) is 0. The van der Waals surface area contributed by atoms with Crippen LogP contribution in [0.15, 0.2) is 29.8 Å². The number of nitrogens with one attached hydrogen (secondary N) is 1. The van der Waals surface area contributed by atoms with Gasteiger partial charge < -0.3 is 4.98 Å². The maximum absolute atomic E-state index is 13.3. The number of fused-ring (bicyclic) bond motifs is 1. The summed E-state index contributed by atoms with van der Waals surface area (Å²) in [4.78, 5) is 1.89. The fourth-order valence-electron chi connectivity index (χ4n) is 2.08. The van der Waals surface area contributed by atoms with Crippen molar-refractivity contribution < 1.29 is 22.0 Å². The number of hydrogen-bond acceptors (Lipinski definition) is 1. The first-order chi connectivity index (χ1) is 9.38. The van der Waals surface area contributed by atoms with Crippen molar-refractivity contribution in [2.24, 2.45) is 0 Å². The molecule has 1 aromatic carbocycles. The second kappa shape index (κ2) is 4.31. The molecule has 1 N–H and O–H groups in total. The monoisotopic (exact) mass is 303 g/mol. The van der Waals surface area contributed by atoms with Gasteiger partial charge >= 0.3 is 6.18 Å². The predicted molar refractivity (Wildman–Crippen MR) is 66.5 cm³/mol. The highest BCUT2D eigenvalue weighted by Crippen LogP contribution is 2.42. The average molecular weight is 303 g/mol. The summed E-state index contributed by atoms with van der Waals surface area (Å²) in [5, 5.41) is 1.53. The van der Waals surface area contributed by atoms with E-state index in [9.17, 15) is 22.0 Å². The van der Waals surface area contributed by atoms with Gasteiger partial charge in [-0.05, 0) is 17.5 Å². The van der Waals surface area contributed by atoms with E-state index in [0.717, 1.165) is 12.1 Å². The third-order valence-electron chi connectivity index (χ3n) is 2.94. The number of halogens is 5. The Bertz CT molecular complexity index is 784. The van der Waals surface area contributed by atoms with E-state index in [1.165, 1.54) is 17.6 Å². The summed E-state index contributed by atoms with van der Waals surface area (Å²) >= 11 is 0.564. The van der Waals surface area contributed by atoms with E-state index in [1.54, 1.807) is 0 Å². The predicted octanol–water partition coefficient (Wildman–Crippen LogP) is 5.19. The van der Waals surface area contributed by atoms with E-state index in [4.69, 9.17) is 0 Å². The van der Waals surface area contributed by atoms with Crippen molar-refractivity contribution in [1.82, 2.24) is 4.98 Å². The van der Waals surface area contributed by atoms with Crippen molar-refractivity contribution in [3.63, 3.8) is 0 Å². The zero-order chi connectivity index (χ0) is 14.5. The van der Waals surface area contributed by atoms with Crippen molar-refractivity contribution in [3.05, 3.63) is 46.3 Å². The molecular weight excluding hydrogens is 297 g/mol. The molecule has 0 unspecified atom stereocenters. The molecule has 0 aliphatic heterocycles. The molecule has 1 nitrogen and oxygen atoms in total. The molecule has 2 aromatic heterocycles. The third kappa shape index (κ3) is 1.98. The molecule has 0 aliphatic rings. The smallest absolute Gasteiger partial charge is 0.360 e. The van der Waals surface area contributed by atoms with Gasteiger partial charge in [0.2, 0.25) is 0 Å². The van der Waals surface area contributed by atoms with Crippen LogP contribution in [0.2, 0.25) is 0 Å². The molecule has 0 atom stereocenters. The summed E-state index contributed by atoms with van der Waals surface area (Å²) in [6.07, 6.45) is -3.16. The van der Waals surface area contributed by atoms with E-state index in [2.05, 4.69) is 4.98 Å². The minimum atomic E-state index is -4.48. The van der Waals surface area contributed by atoms with Crippen molar-refractivity contribution in [1.29, 1.82) is 0 Å². The third-order valence-corrected chi connectivity index (χ3v) is 3.89. The highest BCUT2D eigenvalue weighted by atomic mass is 32.1. The van der Waals surface area contributed by atoms with Gasteiger partial charge in [-0.3, -0.25) is 0 Å². The summed E-state index contributed by atoms with van der Waals surface area (Å²) in [5.74, 6) is -2.14. The first-order valence-electron chi connectivity index (χ1n) is 5.49. The van der Waals surface area contributed by atoms with Gasteiger partial charge in [0.05, 0.1) is 0 Å². The van der Waals surface area contributed by atoms with Crippen LogP contribution in [0, 0.1) is 11.6 Å². The maximum atomic E-state index is 13.3. The van der Waals surface area contributed by atoms with Crippen LogP contribution in [0.25, 0.3) is 22.0 Å². The minimum absolute atomic E-state index is 0.0419. The largest absolute Gasteiger partial charge is 0.426 e. The molecule has 7 heteroatoms. The van der Waals surface area contributed by atoms with Crippen LogP contribution in [-0.2, 0) is 6.18 Å². The molecule has 2 heterocycles. The van der Waals surface area contributed by atoms with Crippen molar-refractivity contribution in [3.8, 4) is 11.1 Å². The quantitative estimate of drug-likeness (QED) is 0.595. The van der Waals surface area contributed by atoms with E-state index in [0.29, 0.717) is 11.3 Å². The highest BCUT2D eigenvalue weighted by Gasteiger charge is 2.35. The van der Waals surface area contributed by atoms with E-state index >= 15 is 0 Å². The first-order valence-corrected chi connectivity index (χ1v) is 6.37. The SMILES string of the molecule is Fc1cc2[nH]cc(-c3ccsc3C(F)(F)F)c2cc1F. The maximum Gasteiger partial charge on any atom is 0.426 e. The lowest BCUT2D eigenvalue weighted by Crippen LogP contribution is -2.03. The standard InChI is InChI=1S/C13H6F5NS/c14-9-3-7-8(5-19-11(7)4-10(9)15)6-1-2-20-12(6)13(16,17)18/h1-5,19H. The Kier molecular flexibility index (Phi) is 2.82. The molecule has 0 spiro atoms. The van der Waals surface area contributed by atoms with Crippen LogP contribution in [0.5, 0.6) is 0 Å². The molecule has 0 radical (unpaired) electrons. The zero-order valence-corrected chi connectivity index (χ0v) is 10.5. The summed E-state index contributed by atoms with van der Waals surface area (Å²) in [6.45, 7) is 0. The fraction of sp³-hybridized carbons (Fsp3) is 0.0769. The van der Waals surface area contributed by atoms with Gasteiger partial charge in [-0.25, -0.2) is 8.78 Å². The average Bonchev–Trinajstić information content (AvgIpc) is 2.95. The Morgan fingerprint density at radius 2 is 1.70 bits per heavy atom. The molecular formula is C13H6F5NS. The van der Waals surface area contributed by atoms with E-state index < -0.39 is 22.7 Å². The number of rotatable bonds is 1. The molecule has 20 heavy (non-hydrogen) atoms. The van der Waals surface area contributed by atoms with Crippen LogP contribution in [0.3, 0.4) is 0 Å². The van der Waals surface area contributed by atoms with Crippen molar-refractivity contribution in [2.75, 3.05) is 0 Å². The van der Waals surface area contributed by atoms with Gasteiger partial charge in [0.1, 0.15) is 4.88 Å². The van der Waals surface area contributed by atoms with Gasteiger partial charge in [0, 0.05) is 34.3 Å². The van der Waals surface area contributed by atoms with Crippen LogP contribution in [0.1, 0.15) is 4.88 Å². The molecule has 3 aromatic rings. The van der Waals surface area contributed by atoms with Crippen LogP contribution in [-0.4, -0.2) is 4.98 Å². The van der Waals surface area contributed by atoms with Crippen LogP contribution >= 0.6 is 11.3 Å². The van der Waals surface area contributed by atoms with Crippen molar-refractivity contribution in [2.45, 2.75) is 6.18 Å². The van der Waals surface area contributed by atoms with Crippen molar-refractivity contribution >= 4 is 22.2 Å². The molecule has 0 fully saturated rings. The first kappa shape index (κ1) is 13.1. The fourth-order valence-corrected chi connectivity index (χ4v) is 2.86. The molecule has 0 amide bonds. The lowest BCUT2D eigenvalue weighted by molar-refractivity contribution is -0.133. The number of hydrogen-bond donors (Lipinski definition) is 1. The van der Waals surface area contributed by atoms with Crippen LogP contribution in [0.4, 0.5) is 22.0 Å². The molecule has 0 saturated carbocycles. The van der Waals surface area contributed by atoms with E-state index in [1.807, 2.05) is 0 Å². The van der Waals surface area contributed by atoms with Crippen LogP contribution < -0.4 is 0 Å². The summed E-state index contributed by atoms with van der Waals surface area (Å²) in [6, 6.07) is 3.14. The topological polar surface area (TPSA) is 15.8 Å². The van der Waals surface area contributed by atoms with Gasteiger partial charge in [-0.1, -0.05) is 0 Å². The number of benzene rings is 1. The number of H-pyrrole nitrogens is 1. The number of aromatic nitrogens is 1. The minimum Gasteiger partial charge on any atom is -0.360 e. The van der Waals surface area contributed by atoms with Gasteiger partial charge in [0.15, 0.2) is 11.6 Å². The van der Waals surface area contributed by atoms with Gasteiger partial charge in [-0.15, -0.1) is 11.3 Å².